The minimum absolute atomic E-state index is 0.130. The predicted octanol–water partition coefficient (Wildman–Crippen LogP) is 3.77. The lowest BCUT2D eigenvalue weighted by molar-refractivity contribution is -0.142. The van der Waals surface area contributed by atoms with Gasteiger partial charge in [0.25, 0.3) is 0 Å². The van der Waals surface area contributed by atoms with Gasteiger partial charge in [-0.3, -0.25) is 4.79 Å². The number of carbonyl (C=O) groups is 1. The Bertz CT molecular complexity index is 901. The summed E-state index contributed by atoms with van der Waals surface area (Å²) in [5.74, 6) is -0.288. The second-order valence-electron chi connectivity index (χ2n) is 5.59. The fraction of sp³-hybridized carbons (Fsp3) is 0.278. The highest BCUT2D eigenvalue weighted by molar-refractivity contribution is 6.30. The molecule has 0 saturated heterocycles. The van der Waals surface area contributed by atoms with Gasteiger partial charge in [-0.1, -0.05) is 23.7 Å². The highest BCUT2D eigenvalue weighted by Crippen LogP contribution is 2.28. The van der Waals surface area contributed by atoms with Crippen LogP contribution in [0.3, 0.4) is 0 Å². The van der Waals surface area contributed by atoms with Gasteiger partial charge in [-0.25, -0.2) is 9.50 Å². The van der Waals surface area contributed by atoms with E-state index in [1.807, 2.05) is 32.0 Å². The summed E-state index contributed by atoms with van der Waals surface area (Å²) in [4.78, 5) is 16.6. The van der Waals surface area contributed by atoms with Gasteiger partial charge >= 0.3 is 5.97 Å². The monoisotopic (exact) mass is 343 g/mol. The highest BCUT2D eigenvalue weighted by atomic mass is 35.5. The van der Waals surface area contributed by atoms with E-state index < -0.39 is 0 Å². The first-order chi connectivity index (χ1) is 11.5. The second-order valence-corrected chi connectivity index (χ2v) is 6.03. The van der Waals surface area contributed by atoms with Crippen molar-refractivity contribution in [3.63, 3.8) is 0 Å². The van der Waals surface area contributed by atoms with Gasteiger partial charge < -0.3 is 4.74 Å². The zero-order chi connectivity index (χ0) is 17.3. The van der Waals surface area contributed by atoms with Gasteiger partial charge in [-0.2, -0.15) is 5.10 Å². The zero-order valence-electron chi connectivity index (χ0n) is 13.8. The largest absolute Gasteiger partial charge is 0.466 e. The number of aryl methyl sites for hydroxylation is 2. The third kappa shape index (κ3) is 3.12. The minimum atomic E-state index is -0.288. The van der Waals surface area contributed by atoms with Gasteiger partial charge in [0, 0.05) is 27.5 Å². The van der Waals surface area contributed by atoms with Crippen molar-refractivity contribution < 1.29 is 9.53 Å². The first-order valence-corrected chi connectivity index (χ1v) is 8.14. The fourth-order valence-electron chi connectivity index (χ4n) is 2.72. The molecule has 0 unspecified atom stereocenters. The van der Waals surface area contributed by atoms with E-state index in [0.717, 1.165) is 28.2 Å². The van der Waals surface area contributed by atoms with Crippen LogP contribution in [0.2, 0.25) is 5.02 Å². The Morgan fingerprint density at radius 1 is 1.25 bits per heavy atom. The van der Waals surface area contributed by atoms with E-state index >= 15 is 0 Å². The maximum Gasteiger partial charge on any atom is 0.310 e. The van der Waals surface area contributed by atoms with Crippen molar-refractivity contribution in [2.45, 2.75) is 27.2 Å². The number of rotatable bonds is 4. The van der Waals surface area contributed by atoms with Crippen molar-refractivity contribution in [2.24, 2.45) is 0 Å². The smallest absolute Gasteiger partial charge is 0.310 e. The first kappa shape index (κ1) is 16.5. The van der Waals surface area contributed by atoms with Crippen LogP contribution >= 0.6 is 11.6 Å². The summed E-state index contributed by atoms with van der Waals surface area (Å²) in [6.07, 6.45) is 0.130. The Balaban J connectivity index is 2.21. The van der Waals surface area contributed by atoms with E-state index in [1.165, 1.54) is 0 Å². The molecule has 0 aliphatic rings. The molecule has 0 saturated carbocycles. The quantitative estimate of drug-likeness (QED) is 0.676. The van der Waals surface area contributed by atoms with Crippen LogP contribution < -0.4 is 0 Å². The number of benzene rings is 1. The van der Waals surface area contributed by atoms with Crippen LogP contribution in [0.15, 0.2) is 30.3 Å². The number of fused-ring (bicyclic) bond motifs is 1. The van der Waals surface area contributed by atoms with Crippen molar-refractivity contribution in [3.05, 3.63) is 52.3 Å². The number of hydrogen-bond acceptors (Lipinski definition) is 4. The lowest BCUT2D eigenvalue weighted by atomic mass is 10.1. The molecule has 0 bridgehead atoms. The number of carbonyl (C=O) groups excluding carboxylic acids is 1. The second kappa shape index (κ2) is 6.61. The normalized spacial score (nSPS) is 11.0. The topological polar surface area (TPSA) is 56.5 Å². The average Bonchev–Trinajstić information content (AvgIpc) is 2.87. The summed E-state index contributed by atoms with van der Waals surface area (Å²) in [6, 6.07) is 9.35. The van der Waals surface area contributed by atoms with Gasteiger partial charge in [-0.05, 0) is 39.0 Å². The Hall–Kier alpha value is -2.40. The molecule has 0 amide bonds. The van der Waals surface area contributed by atoms with Crippen LogP contribution in [-0.4, -0.2) is 27.2 Å². The Kier molecular flexibility index (Phi) is 4.53. The number of nitrogens with zero attached hydrogens (tertiary/aromatic N) is 3. The Morgan fingerprint density at radius 3 is 2.62 bits per heavy atom. The van der Waals surface area contributed by atoms with Crippen LogP contribution in [0, 0.1) is 13.8 Å². The first-order valence-electron chi connectivity index (χ1n) is 7.77. The van der Waals surface area contributed by atoms with E-state index in [4.69, 9.17) is 16.3 Å². The molecule has 6 heteroatoms. The molecule has 3 rings (SSSR count). The maximum atomic E-state index is 12.1. The molecule has 24 heavy (non-hydrogen) atoms. The molecule has 0 atom stereocenters. The number of halogens is 1. The maximum absolute atomic E-state index is 12.1. The van der Waals surface area contributed by atoms with Crippen LogP contribution in [-0.2, 0) is 16.0 Å². The Morgan fingerprint density at radius 2 is 1.96 bits per heavy atom. The molecule has 0 N–H and O–H groups in total. The zero-order valence-corrected chi connectivity index (χ0v) is 14.6. The van der Waals surface area contributed by atoms with E-state index in [9.17, 15) is 4.79 Å². The van der Waals surface area contributed by atoms with Crippen LogP contribution in [0.4, 0.5) is 0 Å². The summed E-state index contributed by atoms with van der Waals surface area (Å²) in [6.45, 7) is 6.03. The molecule has 0 spiro atoms. The lowest BCUT2D eigenvalue weighted by Crippen LogP contribution is -2.08. The molecule has 0 aliphatic heterocycles. The molecule has 5 nitrogen and oxygen atoms in total. The van der Waals surface area contributed by atoms with Crippen molar-refractivity contribution in [1.29, 1.82) is 0 Å². The molecule has 124 valence electrons. The average molecular weight is 344 g/mol. The van der Waals surface area contributed by atoms with Gasteiger partial charge in [0.1, 0.15) is 0 Å². The summed E-state index contributed by atoms with van der Waals surface area (Å²) in [7, 11) is 0. The van der Waals surface area contributed by atoms with Crippen LogP contribution in [0.1, 0.15) is 23.9 Å². The molecular formula is C18H18ClN3O2. The van der Waals surface area contributed by atoms with Gasteiger partial charge in [0.2, 0.25) is 0 Å². The van der Waals surface area contributed by atoms with Gasteiger partial charge in [0.15, 0.2) is 5.65 Å². The van der Waals surface area contributed by atoms with Crippen LogP contribution in [0.5, 0.6) is 0 Å². The summed E-state index contributed by atoms with van der Waals surface area (Å²) in [5.41, 5.74) is 4.91. The van der Waals surface area contributed by atoms with Crippen molar-refractivity contribution in [3.8, 4) is 11.3 Å². The standard InChI is InChI=1S/C18H18ClN3O2/c1-4-24-16(23)10-15-17(13-5-7-14(19)8-6-13)21-22-12(3)9-11(2)20-18(15)22/h5-9H,4,10H2,1-3H3. The predicted molar refractivity (Wildman–Crippen MR) is 93.2 cm³/mol. The summed E-state index contributed by atoms with van der Waals surface area (Å²) in [5, 5.41) is 5.32. The van der Waals surface area contributed by atoms with Crippen molar-refractivity contribution in [2.75, 3.05) is 6.61 Å². The van der Waals surface area contributed by atoms with Crippen molar-refractivity contribution >= 4 is 23.2 Å². The number of esters is 1. The SMILES string of the molecule is CCOC(=O)Cc1c(-c2ccc(Cl)cc2)nn2c(C)cc(C)nc12. The minimum Gasteiger partial charge on any atom is -0.466 e. The number of aromatic nitrogens is 3. The number of ether oxygens (including phenoxy) is 1. The molecule has 2 aromatic heterocycles. The van der Waals surface area contributed by atoms with Crippen molar-refractivity contribution in [1.82, 2.24) is 14.6 Å². The lowest BCUT2D eigenvalue weighted by Gasteiger charge is -2.04. The number of hydrogen-bond donors (Lipinski definition) is 0. The van der Waals surface area contributed by atoms with E-state index in [1.54, 1.807) is 23.6 Å². The van der Waals surface area contributed by atoms with E-state index in [0.29, 0.717) is 17.3 Å². The molecule has 0 radical (unpaired) electrons. The fourth-order valence-corrected chi connectivity index (χ4v) is 2.85. The molecular weight excluding hydrogens is 326 g/mol. The summed E-state index contributed by atoms with van der Waals surface area (Å²) < 4.78 is 6.88. The van der Waals surface area contributed by atoms with Gasteiger partial charge in [0.05, 0.1) is 18.7 Å². The molecule has 2 heterocycles. The molecule has 0 aliphatic carbocycles. The molecule has 1 aromatic carbocycles. The van der Waals surface area contributed by atoms with E-state index in [2.05, 4.69) is 10.1 Å². The molecule has 0 fully saturated rings. The molecule has 3 aromatic rings. The Labute approximate surface area is 145 Å². The third-order valence-corrected chi connectivity index (χ3v) is 3.99. The third-order valence-electron chi connectivity index (χ3n) is 3.73. The summed E-state index contributed by atoms with van der Waals surface area (Å²) >= 11 is 5.98. The highest BCUT2D eigenvalue weighted by Gasteiger charge is 2.20. The van der Waals surface area contributed by atoms with Crippen LogP contribution in [0.25, 0.3) is 16.9 Å². The van der Waals surface area contributed by atoms with E-state index in [-0.39, 0.29) is 12.4 Å². The van der Waals surface area contributed by atoms with Gasteiger partial charge in [-0.15, -0.1) is 0 Å².